The van der Waals surface area contributed by atoms with Crippen molar-refractivity contribution in [2.75, 3.05) is 4.90 Å². The Labute approximate surface area is 123 Å². The normalized spacial score (nSPS) is 13.4. The van der Waals surface area contributed by atoms with Crippen molar-refractivity contribution in [3.63, 3.8) is 0 Å². The van der Waals surface area contributed by atoms with Gasteiger partial charge < -0.3 is 10.0 Å². The average molecular weight is 332 g/mol. The molecule has 1 aliphatic rings. The van der Waals surface area contributed by atoms with Crippen LogP contribution in [0.1, 0.15) is 26.3 Å². The molecule has 3 rings (SSSR count). The molecule has 2 aromatic rings. The molecule has 4 nitrogen and oxygen atoms in total. The second kappa shape index (κ2) is 4.76. The standard InChI is InChI=1S/C15H10BrNO3/c16-9-4-6-10(7-5-9)17-8-13-11(14(17)18)2-1-3-12(13)15(19)20/h1-7H,8H2,(H,19,20). The summed E-state index contributed by atoms with van der Waals surface area (Å²) in [7, 11) is 0. The van der Waals surface area contributed by atoms with Crippen LogP contribution in [0.15, 0.2) is 46.9 Å². The molecule has 20 heavy (non-hydrogen) atoms. The van der Waals surface area contributed by atoms with E-state index in [1.807, 2.05) is 24.3 Å². The lowest BCUT2D eigenvalue weighted by Crippen LogP contribution is -2.22. The number of amides is 1. The summed E-state index contributed by atoms with van der Waals surface area (Å²) in [5.74, 6) is -1.17. The van der Waals surface area contributed by atoms with Gasteiger partial charge in [-0.3, -0.25) is 4.79 Å². The maximum absolute atomic E-state index is 12.4. The van der Waals surface area contributed by atoms with Crippen molar-refractivity contribution in [3.8, 4) is 0 Å². The number of rotatable bonds is 2. The molecule has 100 valence electrons. The first-order chi connectivity index (χ1) is 9.58. The van der Waals surface area contributed by atoms with Gasteiger partial charge in [-0.2, -0.15) is 0 Å². The van der Waals surface area contributed by atoms with Crippen LogP contribution < -0.4 is 4.90 Å². The number of carbonyl (C=O) groups excluding carboxylic acids is 1. The van der Waals surface area contributed by atoms with E-state index in [-0.39, 0.29) is 18.0 Å². The molecule has 1 amide bonds. The van der Waals surface area contributed by atoms with Crippen LogP contribution in [0.2, 0.25) is 0 Å². The number of hydrogen-bond acceptors (Lipinski definition) is 2. The minimum Gasteiger partial charge on any atom is -0.478 e. The van der Waals surface area contributed by atoms with Crippen LogP contribution >= 0.6 is 15.9 Å². The van der Waals surface area contributed by atoms with Crippen LogP contribution in [0.25, 0.3) is 0 Å². The number of hydrogen-bond donors (Lipinski definition) is 1. The van der Waals surface area contributed by atoms with Gasteiger partial charge in [-0.15, -0.1) is 0 Å². The summed E-state index contributed by atoms with van der Waals surface area (Å²) in [6, 6.07) is 12.2. The number of anilines is 1. The maximum Gasteiger partial charge on any atom is 0.336 e. The molecule has 0 fully saturated rings. The van der Waals surface area contributed by atoms with E-state index in [2.05, 4.69) is 15.9 Å². The predicted molar refractivity (Wildman–Crippen MR) is 78.1 cm³/mol. The Morgan fingerprint density at radius 1 is 1.15 bits per heavy atom. The topological polar surface area (TPSA) is 57.6 Å². The summed E-state index contributed by atoms with van der Waals surface area (Å²) in [6.07, 6.45) is 0. The van der Waals surface area contributed by atoms with Gasteiger partial charge in [0.25, 0.3) is 5.91 Å². The van der Waals surface area contributed by atoms with Gasteiger partial charge in [0, 0.05) is 15.7 Å². The van der Waals surface area contributed by atoms with Gasteiger partial charge >= 0.3 is 5.97 Å². The van der Waals surface area contributed by atoms with E-state index >= 15 is 0 Å². The lowest BCUT2D eigenvalue weighted by molar-refractivity contribution is 0.0695. The zero-order valence-electron chi connectivity index (χ0n) is 10.3. The second-order valence-corrected chi connectivity index (χ2v) is 5.42. The Morgan fingerprint density at radius 2 is 1.85 bits per heavy atom. The first-order valence-corrected chi connectivity index (χ1v) is 6.80. The molecule has 0 atom stereocenters. The third-order valence-corrected chi connectivity index (χ3v) is 3.87. The van der Waals surface area contributed by atoms with Crippen LogP contribution in [0.5, 0.6) is 0 Å². The largest absolute Gasteiger partial charge is 0.478 e. The van der Waals surface area contributed by atoms with E-state index in [0.717, 1.165) is 10.2 Å². The summed E-state index contributed by atoms with van der Waals surface area (Å²) < 4.78 is 0.927. The number of carboxylic acid groups (broad SMARTS) is 1. The molecule has 0 aliphatic carbocycles. The van der Waals surface area contributed by atoms with Crippen molar-refractivity contribution in [2.24, 2.45) is 0 Å². The number of carbonyl (C=O) groups is 2. The summed E-state index contributed by atoms with van der Waals surface area (Å²) in [4.78, 5) is 25.2. The van der Waals surface area contributed by atoms with Crippen molar-refractivity contribution in [3.05, 3.63) is 63.6 Å². The summed E-state index contributed by atoms with van der Waals surface area (Å²) in [5.41, 5.74) is 1.99. The molecule has 5 heteroatoms. The van der Waals surface area contributed by atoms with Crippen molar-refractivity contribution in [1.29, 1.82) is 0 Å². The van der Waals surface area contributed by atoms with Gasteiger partial charge in [-0.1, -0.05) is 22.0 Å². The fourth-order valence-electron chi connectivity index (χ4n) is 2.36. The van der Waals surface area contributed by atoms with Crippen LogP contribution in [0, 0.1) is 0 Å². The molecule has 1 N–H and O–H groups in total. The van der Waals surface area contributed by atoms with Gasteiger partial charge in [-0.05, 0) is 42.0 Å². The van der Waals surface area contributed by atoms with Crippen LogP contribution in [0.3, 0.4) is 0 Å². The van der Waals surface area contributed by atoms with E-state index in [4.69, 9.17) is 0 Å². The first kappa shape index (κ1) is 12.9. The third kappa shape index (κ3) is 2.00. The summed E-state index contributed by atoms with van der Waals surface area (Å²) in [6.45, 7) is 0.290. The van der Waals surface area contributed by atoms with Crippen LogP contribution in [-0.4, -0.2) is 17.0 Å². The molecular weight excluding hydrogens is 322 g/mol. The molecule has 0 radical (unpaired) electrons. The van der Waals surface area contributed by atoms with E-state index in [9.17, 15) is 14.7 Å². The Balaban J connectivity index is 2.04. The molecule has 0 saturated carbocycles. The molecule has 0 unspecified atom stereocenters. The third-order valence-electron chi connectivity index (χ3n) is 3.34. The Hall–Kier alpha value is -2.14. The lowest BCUT2D eigenvalue weighted by atomic mass is 10.0. The zero-order chi connectivity index (χ0) is 14.3. The van der Waals surface area contributed by atoms with E-state index in [1.165, 1.54) is 6.07 Å². The SMILES string of the molecule is O=C(O)c1cccc2c1CN(c1ccc(Br)cc1)C2=O. The minimum absolute atomic E-state index is 0.162. The summed E-state index contributed by atoms with van der Waals surface area (Å²) >= 11 is 3.35. The van der Waals surface area contributed by atoms with Crippen molar-refractivity contribution in [1.82, 2.24) is 0 Å². The number of fused-ring (bicyclic) bond motifs is 1. The molecule has 0 bridgehead atoms. The van der Waals surface area contributed by atoms with E-state index in [0.29, 0.717) is 11.1 Å². The number of nitrogens with zero attached hydrogens (tertiary/aromatic N) is 1. The lowest BCUT2D eigenvalue weighted by Gasteiger charge is -2.15. The molecule has 0 saturated heterocycles. The van der Waals surface area contributed by atoms with Crippen molar-refractivity contribution in [2.45, 2.75) is 6.54 Å². The number of halogens is 1. The van der Waals surface area contributed by atoms with Gasteiger partial charge in [0.1, 0.15) is 0 Å². The monoisotopic (exact) mass is 331 g/mol. The van der Waals surface area contributed by atoms with Crippen molar-refractivity contribution < 1.29 is 14.7 Å². The Morgan fingerprint density at radius 3 is 2.50 bits per heavy atom. The molecular formula is C15H10BrNO3. The van der Waals surface area contributed by atoms with Gasteiger partial charge in [-0.25, -0.2) is 4.79 Å². The Bertz CT molecular complexity index is 710. The highest BCUT2D eigenvalue weighted by Crippen LogP contribution is 2.31. The smallest absolute Gasteiger partial charge is 0.336 e. The maximum atomic E-state index is 12.4. The van der Waals surface area contributed by atoms with Gasteiger partial charge in [0.05, 0.1) is 12.1 Å². The molecule has 2 aromatic carbocycles. The number of carboxylic acids is 1. The number of benzene rings is 2. The second-order valence-electron chi connectivity index (χ2n) is 4.50. The first-order valence-electron chi connectivity index (χ1n) is 6.00. The average Bonchev–Trinajstić information content (AvgIpc) is 2.77. The van der Waals surface area contributed by atoms with Crippen LogP contribution in [-0.2, 0) is 6.54 Å². The predicted octanol–water partition coefficient (Wildman–Crippen LogP) is 3.31. The van der Waals surface area contributed by atoms with Gasteiger partial charge in [0.2, 0.25) is 0 Å². The fourth-order valence-corrected chi connectivity index (χ4v) is 2.63. The summed E-state index contributed by atoms with van der Waals surface area (Å²) in [5, 5.41) is 9.19. The zero-order valence-corrected chi connectivity index (χ0v) is 11.9. The fraction of sp³-hybridized carbons (Fsp3) is 0.0667. The van der Waals surface area contributed by atoms with Crippen LogP contribution in [0.4, 0.5) is 5.69 Å². The molecule has 1 heterocycles. The van der Waals surface area contributed by atoms with E-state index in [1.54, 1.807) is 17.0 Å². The Kier molecular flexibility index (Phi) is 3.06. The van der Waals surface area contributed by atoms with Crippen molar-refractivity contribution >= 4 is 33.5 Å². The molecule has 0 spiro atoms. The highest BCUT2D eigenvalue weighted by molar-refractivity contribution is 9.10. The molecule has 0 aromatic heterocycles. The van der Waals surface area contributed by atoms with Gasteiger partial charge in [0.15, 0.2) is 0 Å². The minimum atomic E-state index is -1.01. The molecule has 1 aliphatic heterocycles. The number of aromatic carboxylic acids is 1. The quantitative estimate of drug-likeness (QED) is 0.918. The highest BCUT2D eigenvalue weighted by atomic mass is 79.9. The highest BCUT2D eigenvalue weighted by Gasteiger charge is 2.31. The van der Waals surface area contributed by atoms with E-state index < -0.39 is 5.97 Å².